The van der Waals surface area contributed by atoms with E-state index in [1.165, 1.54) is 5.57 Å². The van der Waals surface area contributed by atoms with Crippen LogP contribution in [0, 0.1) is 5.41 Å². The first kappa shape index (κ1) is 13.4. The first-order valence-electron chi connectivity index (χ1n) is 5.97. The Labute approximate surface area is 101 Å². The normalized spacial score (nSPS) is 20.5. The van der Waals surface area contributed by atoms with Crippen molar-refractivity contribution in [2.24, 2.45) is 5.41 Å². The summed E-state index contributed by atoms with van der Waals surface area (Å²) >= 11 is 0. The molecular formula is C14H24OSi. The summed E-state index contributed by atoms with van der Waals surface area (Å²) < 4.78 is 0. The number of rotatable bonds is 3. The Morgan fingerprint density at radius 2 is 1.88 bits per heavy atom. The van der Waals surface area contributed by atoms with Gasteiger partial charge in [-0.25, -0.2) is 0 Å². The summed E-state index contributed by atoms with van der Waals surface area (Å²) in [7, 11) is -1.23. The quantitative estimate of drug-likeness (QED) is 0.671. The van der Waals surface area contributed by atoms with E-state index in [2.05, 4.69) is 40.1 Å². The van der Waals surface area contributed by atoms with Crippen LogP contribution in [0.2, 0.25) is 25.7 Å². The minimum atomic E-state index is -1.23. The average molecular weight is 236 g/mol. The molecule has 1 nitrogen and oxygen atoms in total. The highest BCUT2D eigenvalue weighted by Crippen LogP contribution is 2.43. The van der Waals surface area contributed by atoms with E-state index >= 15 is 0 Å². The molecule has 0 radical (unpaired) electrons. The van der Waals surface area contributed by atoms with Crippen LogP contribution in [0.5, 0.6) is 0 Å². The van der Waals surface area contributed by atoms with E-state index in [9.17, 15) is 4.79 Å². The number of hydrogen-bond acceptors (Lipinski definition) is 1. The molecule has 0 aliphatic heterocycles. The lowest BCUT2D eigenvalue weighted by Gasteiger charge is -2.19. The zero-order valence-corrected chi connectivity index (χ0v) is 12.5. The smallest absolute Gasteiger partial charge is 0.164 e. The van der Waals surface area contributed by atoms with Crippen LogP contribution in [-0.2, 0) is 4.79 Å². The molecule has 0 amide bonds. The maximum absolute atomic E-state index is 12.3. The van der Waals surface area contributed by atoms with Crippen molar-refractivity contribution in [3.05, 3.63) is 23.3 Å². The maximum Gasteiger partial charge on any atom is 0.164 e. The molecule has 2 heteroatoms. The second kappa shape index (κ2) is 3.99. The van der Waals surface area contributed by atoms with Gasteiger partial charge in [0.25, 0.3) is 0 Å². The van der Waals surface area contributed by atoms with Crippen LogP contribution in [0.3, 0.4) is 0 Å². The van der Waals surface area contributed by atoms with Crippen molar-refractivity contribution in [2.75, 3.05) is 0 Å². The third-order valence-corrected chi connectivity index (χ3v) is 4.51. The predicted molar refractivity (Wildman–Crippen MR) is 73.4 cm³/mol. The van der Waals surface area contributed by atoms with E-state index in [0.717, 1.165) is 23.6 Å². The Morgan fingerprint density at radius 3 is 2.25 bits per heavy atom. The van der Waals surface area contributed by atoms with Gasteiger partial charge in [0, 0.05) is 13.5 Å². The molecule has 0 aromatic heterocycles. The topological polar surface area (TPSA) is 17.1 Å². The number of allylic oxidation sites excluding steroid dienone is 3. The highest BCUT2D eigenvalue weighted by Gasteiger charge is 2.40. The zero-order valence-electron chi connectivity index (χ0n) is 11.5. The molecule has 0 aromatic carbocycles. The summed E-state index contributed by atoms with van der Waals surface area (Å²) in [5.74, 6) is 0.355. The van der Waals surface area contributed by atoms with Crippen LogP contribution < -0.4 is 0 Å². The number of ketones is 1. The van der Waals surface area contributed by atoms with Gasteiger partial charge in [-0.15, -0.1) is 0 Å². The van der Waals surface area contributed by atoms with Gasteiger partial charge in [-0.3, -0.25) is 4.79 Å². The van der Waals surface area contributed by atoms with Crippen molar-refractivity contribution in [1.82, 2.24) is 0 Å². The number of hydrogen-bond donors (Lipinski definition) is 0. The van der Waals surface area contributed by atoms with Gasteiger partial charge in [-0.1, -0.05) is 45.6 Å². The van der Waals surface area contributed by atoms with Crippen molar-refractivity contribution in [3.8, 4) is 0 Å². The molecule has 1 aliphatic carbocycles. The van der Waals surface area contributed by atoms with E-state index in [1.54, 1.807) is 0 Å². The van der Waals surface area contributed by atoms with Crippen molar-refractivity contribution < 1.29 is 4.79 Å². The Bertz CT molecular complexity index is 367. The van der Waals surface area contributed by atoms with Gasteiger partial charge < -0.3 is 0 Å². The summed E-state index contributed by atoms with van der Waals surface area (Å²) in [6, 6.07) is 0.997. The number of Topliss-reactive ketones (excluding diaryl/α,β-unsaturated/α-hetero) is 1. The number of carbonyl (C=O) groups excluding carboxylic acids is 1. The van der Waals surface area contributed by atoms with Gasteiger partial charge >= 0.3 is 0 Å². The van der Waals surface area contributed by atoms with Crippen molar-refractivity contribution in [2.45, 2.75) is 52.9 Å². The Morgan fingerprint density at radius 1 is 1.38 bits per heavy atom. The SMILES string of the molecule is C=C(C)C1=C(C[Si](C)(C)C)C(=O)C(C)(C)C1. The van der Waals surface area contributed by atoms with Gasteiger partial charge in [0.2, 0.25) is 0 Å². The van der Waals surface area contributed by atoms with Gasteiger partial charge in [0.1, 0.15) is 0 Å². The Balaban J connectivity index is 3.13. The first-order chi connectivity index (χ1) is 7.04. The molecule has 0 N–H and O–H groups in total. The largest absolute Gasteiger partial charge is 0.294 e. The van der Waals surface area contributed by atoms with Gasteiger partial charge in [0.05, 0.1) is 0 Å². The molecule has 0 unspecified atom stereocenters. The van der Waals surface area contributed by atoms with Crippen LogP contribution in [0.1, 0.15) is 27.2 Å². The second-order valence-corrected chi connectivity index (χ2v) is 12.3. The molecule has 1 rings (SSSR count). The third kappa shape index (κ3) is 2.73. The molecule has 0 saturated heterocycles. The molecular weight excluding hydrogens is 212 g/mol. The van der Waals surface area contributed by atoms with Gasteiger partial charge in [-0.2, -0.15) is 0 Å². The summed E-state index contributed by atoms with van der Waals surface area (Å²) in [5.41, 5.74) is 3.18. The van der Waals surface area contributed by atoms with E-state index in [0.29, 0.717) is 5.78 Å². The first-order valence-corrected chi connectivity index (χ1v) is 9.68. The molecule has 0 aromatic rings. The van der Waals surface area contributed by atoms with Gasteiger partial charge in [-0.05, 0) is 30.5 Å². The summed E-state index contributed by atoms with van der Waals surface area (Å²) in [5, 5.41) is 0. The lowest BCUT2D eigenvalue weighted by atomic mass is 9.87. The summed E-state index contributed by atoms with van der Waals surface area (Å²) in [6.07, 6.45) is 0.876. The molecule has 16 heavy (non-hydrogen) atoms. The number of carbonyl (C=O) groups is 1. The summed E-state index contributed by atoms with van der Waals surface area (Å²) in [4.78, 5) is 12.3. The van der Waals surface area contributed by atoms with E-state index in [-0.39, 0.29) is 5.41 Å². The molecule has 0 bridgehead atoms. The van der Waals surface area contributed by atoms with E-state index in [1.807, 2.05) is 6.92 Å². The highest BCUT2D eigenvalue weighted by atomic mass is 28.3. The van der Waals surface area contributed by atoms with Gasteiger partial charge in [0.15, 0.2) is 5.78 Å². The predicted octanol–water partition coefficient (Wildman–Crippen LogP) is 4.20. The van der Waals surface area contributed by atoms with E-state index in [4.69, 9.17) is 0 Å². The molecule has 0 saturated carbocycles. The lowest BCUT2D eigenvalue weighted by Crippen LogP contribution is -2.25. The fourth-order valence-corrected chi connectivity index (χ4v) is 3.73. The van der Waals surface area contributed by atoms with Crippen LogP contribution in [0.25, 0.3) is 0 Å². The minimum absolute atomic E-state index is 0.205. The third-order valence-electron chi connectivity index (χ3n) is 3.09. The standard InChI is InChI=1S/C14H24OSi/c1-10(2)11-8-14(3,4)13(15)12(11)9-16(5,6)7/h1,8-9H2,2-7H3. The lowest BCUT2D eigenvalue weighted by molar-refractivity contribution is -0.122. The Hall–Kier alpha value is -0.633. The molecule has 1 aliphatic rings. The van der Waals surface area contributed by atoms with Crippen molar-refractivity contribution >= 4 is 13.9 Å². The highest BCUT2D eigenvalue weighted by molar-refractivity contribution is 6.77. The zero-order chi connectivity index (χ0) is 12.7. The minimum Gasteiger partial charge on any atom is -0.294 e. The van der Waals surface area contributed by atoms with E-state index < -0.39 is 8.07 Å². The van der Waals surface area contributed by atoms with Crippen LogP contribution in [-0.4, -0.2) is 13.9 Å². The summed E-state index contributed by atoms with van der Waals surface area (Å²) in [6.45, 7) is 17.1. The fraction of sp³-hybridized carbons (Fsp3) is 0.643. The van der Waals surface area contributed by atoms with Crippen molar-refractivity contribution in [3.63, 3.8) is 0 Å². The van der Waals surface area contributed by atoms with Crippen LogP contribution >= 0.6 is 0 Å². The average Bonchev–Trinajstić information content (AvgIpc) is 2.26. The maximum atomic E-state index is 12.3. The van der Waals surface area contributed by atoms with Crippen LogP contribution in [0.15, 0.2) is 23.3 Å². The molecule has 0 atom stereocenters. The van der Waals surface area contributed by atoms with Crippen LogP contribution in [0.4, 0.5) is 0 Å². The fourth-order valence-electron chi connectivity index (χ4n) is 2.30. The van der Waals surface area contributed by atoms with Crippen molar-refractivity contribution in [1.29, 1.82) is 0 Å². The Kier molecular flexibility index (Phi) is 3.35. The molecule has 0 fully saturated rings. The second-order valence-electron chi connectivity index (χ2n) is 6.86. The molecule has 90 valence electrons. The molecule has 0 heterocycles. The monoisotopic (exact) mass is 236 g/mol. The molecule has 0 spiro atoms.